The highest BCUT2D eigenvalue weighted by Gasteiger charge is 2.34. The molecule has 1 aliphatic heterocycles. The van der Waals surface area contributed by atoms with Crippen LogP contribution in [0.15, 0.2) is 42.5 Å². The van der Waals surface area contributed by atoms with Gasteiger partial charge in [0.2, 0.25) is 15.9 Å². The lowest BCUT2D eigenvalue weighted by Gasteiger charge is -2.33. The van der Waals surface area contributed by atoms with Crippen molar-refractivity contribution >= 4 is 39.1 Å². The number of sulfonamides is 1. The van der Waals surface area contributed by atoms with Crippen LogP contribution in [0.3, 0.4) is 0 Å². The molecule has 2 atom stereocenters. The van der Waals surface area contributed by atoms with Crippen molar-refractivity contribution in [2.75, 3.05) is 13.1 Å². The van der Waals surface area contributed by atoms with Crippen LogP contribution in [0.4, 0.5) is 0 Å². The second-order valence-electron chi connectivity index (χ2n) is 8.31. The average molecular weight is 481 g/mol. The van der Waals surface area contributed by atoms with Crippen molar-refractivity contribution in [1.82, 2.24) is 9.62 Å². The van der Waals surface area contributed by atoms with E-state index in [0.717, 1.165) is 19.3 Å². The van der Waals surface area contributed by atoms with Crippen molar-refractivity contribution in [2.24, 2.45) is 5.92 Å². The second kappa shape index (κ2) is 9.49. The summed E-state index contributed by atoms with van der Waals surface area (Å²) in [5.74, 6) is -0.702. The summed E-state index contributed by atoms with van der Waals surface area (Å²) >= 11 is 12.3. The number of carbonyl (C=O) groups is 1. The number of nitrogens with zero attached hydrogens (tertiary/aromatic N) is 1. The zero-order chi connectivity index (χ0) is 22.0. The van der Waals surface area contributed by atoms with Crippen LogP contribution in [-0.2, 0) is 27.0 Å². The summed E-state index contributed by atoms with van der Waals surface area (Å²) in [6.07, 6.45) is 4.30. The molecule has 4 rings (SSSR count). The van der Waals surface area contributed by atoms with Crippen molar-refractivity contribution < 1.29 is 13.2 Å². The number of nitrogens with one attached hydrogen (secondary N) is 1. The summed E-state index contributed by atoms with van der Waals surface area (Å²) in [5.41, 5.74) is 2.86. The van der Waals surface area contributed by atoms with E-state index in [1.54, 1.807) is 18.2 Å². The zero-order valence-electron chi connectivity index (χ0n) is 17.2. The number of fused-ring (bicyclic) bond motifs is 1. The highest BCUT2D eigenvalue weighted by Crippen LogP contribution is 2.31. The Morgan fingerprint density at radius 3 is 2.55 bits per heavy atom. The molecule has 31 heavy (non-hydrogen) atoms. The molecule has 0 unspecified atom stereocenters. The average Bonchev–Trinajstić information content (AvgIpc) is 2.77. The summed E-state index contributed by atoms with van der Waals surface area (Å²) in [6, 6.07) is 13.2. The molecule has 1 amide bonds. The molecule has 0 spiro atoms. The van der Waals surface area contributed by atoms with Crippen molar-refractivity contribution in [3.8, 4) is 0 Å². The third-order valence-electron chi connectivity index (χ3n) is 6.22. The summed E-state index contributed by atoms with van der Waals surface area (Å²) in [5, 5.41) is 3.85. The van der Waals surface area contributed by atoms with Crippen molar-refractivity contribution in [3.63, 3.8) is 0 Å². The molecule has 8 heteroatoms. The molecule has 0 bridgehead atoms. The number of amides is 1. The smallest absolute Gasteiger partial charge is 0.224 e. The third-order valence-corrected chi connectivity index (χ3v) is 8.70. The normalized spacial score (nSPS) is 22.0. The predicted octanol–water partition coefficient (Wildman–Crippen LogP) is 4.73. The Bertz CT molecular complexity index is 1050. The molecule has 5 nitrogen and oxygen atoms in total. The molecule has 1 fully saturated rings. The molecular formula is C23H26Cl2N2O3S. The first-order valence-corrected chi connectivity index (χ1v) is 13.0. The fraction of sp³-hybridized carbons (Fsp3) is 0.435. The van der Waals surface area contributed by atoms with Crippen molar-refractivity contribution in [2.45, 2.75) is 43.9 Å². The van der Waals surface area contributed by atoms with Gasteiger partial charge in [0.05, 0.1) is 17.7 Å². The number of carbonyl (C=O) groups excluding carboxylic acids is 1. The van der Waals surface area contributed by atoms with Gasteiger partial charge < -0.3 is 5.32 Å². The predicted molar refractivity (Wildman–Crippen MR) is 124 cm³/mol. The van der Waals surface area contributed by atoms with E-state index in [0.29, 0.717) is 35.0 Å². The minimum absolute atomic E-state index is 0.00799. The molecule has 0 aromatic heterocycles. The Hall–Kier alpha value is -1.60. The van der Waals surface area contributed by atoms with Gasteiger partial charge in [-0.25, -0.2) is 12.7 Å². The minimum Gasteiger partial charge on any atom is -0.349 e. The monoisotopic (exact) mass is 480 g/mol. The van der Waals surface area contributed by atoms with E-state index in [2.05, 4.69) is 17.4 Å². The number of benzene rings is 2. The third kappa shape index (κ3) is 5.08. The fourth-order valence-electron chi connectivity index (χ4n) is 4.55. The van der Waals surface area contributed by atoms with Crippen LogP contribution in [-0.4, -0.2) is 31.7 Å². The van der Waals surface area contributed by atoms with E-state index >= 15 is 0 Å². The molecular weight excluding hydrogens is 455 g/mol. The van der Waals surface area contributed by atoms with Crippen molar-refractivity contribution in [3.05, 3.63) is 69.2 Å². The quantitative estimate of drug-likeness (QED) is 0.672. The lowest BCUT2D eigenvalue weighted by atomic mass is 9.87. The van der Waals surface area contributed by atoms with Gasteiger partial charge in [-0.3, -0.25) is 4.79 Å². The van der Waals surface area contributed by atoms with Crippen LogP contribution in [0.1, 0.15) is 48.4 Å². The topological polar surface area (TPSA) is 66.5 Å². The van der Waals surface area contributed by atoms with Crippen molar-refractivity contribution in [1.29, 1.82) is 0 Å². The van der Waals surface area contributed by atoms with Gasteiger partial charge in [-0.2, -0.15) is 0 Å². The Balaban J connectivity index is 1.44. The van der Waals surface area contributed by atoms with E-state index < -0.39 is 10.0 Å². The van der Waals surface area contributed by atoms with Crippen LogP contribution in [0, 0.1) is 5.92 Å². The number of hydrogen-bond acceptors (Lipinski definition) is 3. The molecule has 1 N–H and O–H groups in total. The Kier molecular flexibility index (Phi) is 6.92. The van der Waals surface area contributed by atoms with E-state index in [4.69, 9.17) is 23.2 Å². The van der Waals surface area contributed by atoms with E-state index in [9.17, 15) is 13.2 Å². The second-order valence-corrected chi connectivity index (χ2v) is 11.1. The summed E-state index contributed by atoms with van der Waals surface area (Å²) in [4.78, 5) is 13.0. The van der Waals surface area contributed by atoms with Gasteiger partial charge in [0.1, 0.15) is 0 Å². The van der Waals surface area contributed by atoms with Gasteiger partial charge in [0.15, 0.2) is 0 Å². The maximum absolute atomic E-state index is 13.1. The molecule has 1 heterocycles. The molecule has 2 aliphatic rings. The number of piperidine rings is 1. The van der Waals surface area contributed by atoms with Crippen LogP contribution in [0.25, 0.3) is 0 Å². The van der Waals surface area contributed by atoms with Crippen LogP contribution >= 0.6 is 23.2 Å². The van der Waals surface area contributed by atoms with Gasteiger partial charge in [0, 0.05) is 28.7 Å². The SMILES string of the molecule is O=C(N[C@@H]1CCCc2ccccc21)[C@H]1CCCN(S(=O)(=O)Cc2c(Cl)cccc2Cl)C1. The van der Waals surface area contributed by atoms with E-state index in [1.165, 1.54) is 15.4 Å². The number of hydrogen-bond donors (Lipinski definition) is 1. The largest absolute Gasteiger partial charge is 0.349 e. The summed E-state index contributed by atoms with van der Waals surface area (Å²) in [7, 11) is -3.65. The molecule has 166 valence electrons. The Labute approximate surface area is 193 Å². The first kappa shape index (κ1) is 22.6. The van der Waals surface area contributed by atoms with Crippen LogP contribution in [0.2, 0.25) is 10.0 Å². The highest BCUT2D eigenvalue weighted by molar-refractivity contribution is 7.88. The molecule has 0 saturated carbocycles. The van der Waals surface area contributed by atoms with Gasteiger partial charge in [-0.05, 0) is 55.4 Å². The van der Waals surface area contributed by atoms with E-state index in [-0.39, 0.29) is 30.2 Å². The van der Waals surface area contributed by atoms with Crippen LogP contribution in [0.5, 0.6) is 0 Å². The first-order chi connectivity index (χ1) is 14.8. The molecule has 1 aliphatic carbocycles. The number of rotatable bonds is 5. The summed E-state index contributed by atoms with van der Waals surface area (Å²) in [6.45, 7) is 0.588. The van der Waals surface area contributed by atoms with Gasteiger partial charge in [-0.15, -0.1) is 0 Å². The minimum atomic E-state index is -3.65. The Morgan fingerprint density at radius 1 is 1.03 bits per heavy atom. The molecule has 2 aromatic rings. The standard InChI is InChI=1S/C23H26Cl2N2O3S/c24-20-10-4-11-21(25)19(20)15-31(29,30)27-13-5-8-17(14-27)23(28)26-22-12-3-7-16-6-1-2-9-18(16)22/h1-2,4,6,9-11,17,22H,3,5,7-8,12-15H2,(H,26,28)/t17-,22+/m0/s1. The highest BCUT2D eigenvalue weighted by atomic mass is 35.5. The number of halogens is 2. The first-order valence-electron chi connectivity index (χ1n) is 10.6. The number of aryl methyl sites for hydroxylation is 1. The maximum atomic E-state index is 13.1. The molecule has 1 saturated heterocycles. The maximum Gasteiger partial charge on any atom is 0.224 e. The lowest BCUT2D eigenvalue weighted by molar-refractivity contribution is -0.127. The zero-order valence-corrected chi connectivity index (χ0v) is 19.5. The van der Waals surface area contributed by atoms with E-state index in [1.807, 2.05) is 12.1 Å². The van der Waals surface area contributed by atoms with Crippen LogP contribution < -0.4 is 5.32 Å². The summed E-state index contributed by atoms with van der Waals surface area (Å²) < 4.78 is 27.5. The fourth-order valence-corrected chi connectivity index (χ4v) is 6.91. The van der Waals surface area contributed by atoms with Gasteiger partial charge in [-0.1, -0.05) is 53.5 Å². The molecule has 0 radical (unpaired) electrons. The van der Waals surface area contributed by atoms with Gasteiger partial charge in [0.25, 0.3) is 0 Å². The Morgan fingerprint density at radius 2 is 1.77 bits per heavy atom. The molecule has 2 aromatic carbocycles. The van der Waals surface area contributed by atoms with Gasteiger partial charge >= 0.3 is 0 Å². The lowest BCUT2D eigenvalue weighted by Crippen LogP contribution is -2.46.